The predicted octanol–water partition coefficient (Wildman–Crippen LogP) is 0.993. The van der Waals surface area contributed by atoms with Crippen LogP contribution in [-0.2, 0) is 6.54 Å². The third-order valence-electron chi connectivity index (χ3n) is 2.64. The molecular formula is C13H16N4O. The SMILES string of the molecule is NC(=O)NCCNCc1ccc2cnccc2c1. The third kappa shape index (κ3) is 3.43. The van der Waals surface area contributed by atoms with Crippen LogP contribution in [0.1, 0.15) is 5.56 Å². The molecule has 0 spiro atoms. The monoisotopic (exact) mass is 244 g/mol. The Labute approximate surface area is 105 Å². The Bertz CT molecular complexity index is 541. The second kappa shape index (κ2) is 5.97. The van der Waals surface area contributed by atoms with Crippen LogP contribution < -0.4 is 16.4 Å². The summed E-state index contributed by atoms with van der Waals surface area (Å²) in [6.45, 7) is 1.99. The molecule has 94 valence electrons. The van der Waals surface area contributed by atoms with Gasteiger partial charge in [0.2, 0.25) is 0 Å². The molecule has 5 nitrogen and oxygen atoms in total. The molecule has 1 aromatic heterocycles. The van der Waals surface area contributed by atoms with Gasteiger partial charge in [0.05, 0.1) is 0 Å². The Morgan fingerprint density at radius 3 is 2.94 bits per heavy atom. The van der Waals surface area contributed by atoms with Crippen molar-refractivity contribution in [1.29, 1.82) is 0 Å². The summed E-state index contributed by atoms with van der Waals surface area (Å²) in [7, 11) is 0. The number of carbonyl (C=O) groups excluding carboxylic acids is 1. The van der Waals surface area contributed by atoms with Crippen LogP contribution in [-0.4, -0.2) is 24.1 Å². The van der Waals surface area contributed by atoms with Gasteiger partial charge in [-0.2, -0.15) is 0 Å². The lowest BCUT2D eigenvalue weighted by Gasteiger charge is -2.06. The van der Waals surface area contributed by atoms with Crippen LogP contribution >= 0.6 is 0 Å². The minimum atomic E-state index is -0.491. The number of hydrogen-bond acceptors (Lipinski definition) is 3. The van der Waals surface area contributed by atoms with Crippen LogP contribution in [0.25, 0.3) is 10.8 Å². The van der Waals surface area contributed by atoms with Crippen molar-refractivity contribution in [2.45, 2.75) is 6.54 Å². The molecule has 0 aliphatic heterocycles. The number of nitrogens with one attached hydrogen (secondary N) is 2. The van der Waals surface area contributed by atoms with E-state index in [4.69, 9.17) is 5.73 Å². The molecule has 5 heteroatoms. The summed E-state index contributed by atoms with van der Waals surface area (Å²) in [6, 6.07) is 7.76. The molecule has 2 rings (SSSR count). The number of rotatable bonds is 5. The summed E-state index contributed by atoms with van der Waals surface area (Å²) in [4.78, 5) is 14.5. The second-order valence-corrected chi connectivity index (χ2v) is 4.02. The van der Waals surface area contributed by atoms with Gasteiger partial charge in [-0.05, 0) is 23.1 Å². The molecule has 2 amide bonds. The highest BCUT2D eigenvalue weighted by molar-refractivity contribution is 5.81. The Morgan fingerprint density at radius 2 is 2.11 bits per heavy atom. The van der Waals surface area contributed by atoms with Crippen molar-refractivity contribution in [3.05, 3.63) is 42.2 Å². The summed E-state index contributed by atoms with van der Waals surface area (Å²) >= 11 is 0. The quantitative estimate of drug-likeness (QED) is 0.686. The molecule has 0 unspecified atom stereocenters. The topological polar surface area (TPSA) is 80.0 Å². The highest BCUT2D eigenvalue weighted by Crippen LogP contribution is 2.14. The van der Waals surface area contributed by atoms with Gasteiger partial charge in [-0.1, -0.05) is 12.1 Å². The number of primary amides is 1. The second-order valence-electron chi connectivity index (χ2n) is 4.02. The first-order valence-corrected chi connectivity index (χ1v) is 5.82. The molecule has 0 aliphatic rings. The summed E-state index contributed by atoms with van der Waals surface area (Å²) in [6.07, 6.45) is 3.64. The van der Waals surface area contributed by atoms with E-state index in [1.807, 2.05) is 12.3 Å². The molecule has 0 saturated carbocycles. The number of benzene rings is 1. The molecule has 0 atom stereocenters. The predicted molar refractivity (Wildman–Crippen MR) is 71.0 cm³/mol. The fourth-order valence-electron chi connectivity index (χ4n) is 1.75. The zero-order valence-electron chi connectivity index (χ0n) is 10.0. The molecule has 0 bridgehead atoms. The maximum atomic E-state index is 10.5. The van der Waals surface area contributed by atoms with Crippen molar-refractivity contribution < 1.29 is 4.79 Å². The van der Waals surface area contributed by atoms with E-state index in [0.717, 1.165) is 11.9 Å². The number of pyridine rings is 1. The number of fused-ring (bicyclic) bond motifs is 1. The first-order chi connectivity index (χ1) is 8.75. The van der Waals surface area contributed by atoms with Crippen molar-refractivity contribution in [2.24, 2.45) is 5.73 Å². The van der Waals surface area contributed by atoms with E-state index in [-0.39, 0.29) is 0 Å². The lowest BCUT2D eigenvalue weighted by molar-refractivity contribution is 0.249. The number of amides is 2. The Hall–Kier alpha value is -2.14. The molecule has 0 radical (unpaired) electrons. The number of urea groups is 1. The Morgan fingerprint density at radius 1 is 1.22 bits per heavy atom. The fraction of sp³-hybridized carbons (Fsp3) is 0.231. The van der Waals surface area contributed by atoms with Crippen LogP contribution in [0, 0.1) is 0 Å². The summed E-state index contributed by atoms with van der Waals surface area (Å²) < 4.78 is 0. The van der Waals surface area contributed by atoms with Crippen molar-refractivity contribution in [3.8, 4) is 0 Å². The number of nitrogens with two attached hydrogens (primary N) is 1. The van der Waals surface area contributed by atoms with Gasteiger partial charge in [-0.3, -0.25) is 4.98 Å². The standard InChI is InChI=1S/C13H16N4O/c14-13(18)17-6-5-16-8-10-1-2-12-9-15-4-3-11(12)7-10/h1-4,7,9,16H,5-6,8H2,(H3,14,17,18). The van der Waals surface area contributed by atoms with Gasteiger partial charge in [-0.15, -0.1) is 0 Å². The first-order valence-electron chi connectivity index (χ1n) is 5.82. The molecule has 18 heavy (non-hydrogen) atoms. The average molecular weight is 244 g/mol. The largest absolute Gasteiger partial charge is 0.352 e. The van der Waals surface area contributed by atoms with Gasteiger partial charge in [0.15, 0.2) is 0 Å². The van der Waals surface area contributed by atoms with Crippen molar-refractivity contribution >= 4 is 16.8 Å². The molecule has 1 heterocycles. The van der Waals surface area contributed by atoms with E-state index in [0.29, 0.717) is 13.1 Å². The normalized spacial score (nSPS) is 10.4. The van der Waals surface area contributed by atoms with Crippen LogP contribution in [0.3, 0.4) is 0 Å². The zero-order chi connectivity index (χ0) is 12.8. The fourth-order valence-corrected chi connectivity index (χ4v) is 1.75. The van der Waals surface area contributed by atoms with Gasteiger partial charge in [0.1, 0.15) is 0 Å². The minimum Gasteiger partial charge on any atom is -0.352 e. The number of aromatic nitrogens is 1. The molecule has 4 N–H and O–H groups in total. The Balaban J connectivity index is 1.86. The van der Waals surface area contributed by atoms with Gasteiger partial charge >= 0.3 is 6.03 Å². The smallest absolute Gasteiger partial charge is 0.312 e. The number of nitrogens with zero attached hydrogens (tertiary/aromatic N) is 1. The van der Waals surface area contributed by atoms with Crippen LogP contribution in [0.5, 0.6) is 0 Å². The minimum absolute atomic E-state index is 0.491. The molecule has 2 aromatic rings. The van der Waals surface area contributed by atoms with Gasteiger partial charge in [0.25, 0.3) is 0 Å². The van der Waals surface area contributed by atoms with E-state index in [2.05, 4.69) is 33.8 Å². The van der Waals surface area contributed by atoms with Gasteiger partial charge < -0.3 is 16.4 Å². The Kier molecular flexibility index (Phi) is 4.09. The average Bonchev–Trinajstić information content (AvgIpc) is 2.38. The van der Waals surface area contributed by atoms with E-state index >= 15 is 0 Å². The van der Waals surface area contributed by atoms with E-state index in [1.54, 1.807) is 6.20 Å². The number of carbonyl (C=O) groups is 1. The molecular weight excluding hydrogens is 228 g/mol. The van der Waals surface area contributed by atoms with E-state index < -0.39 is 6.03 Å². The first kappa shape index (κ1) is 12.3. The van der Waals surface area contributed by atoms with Crippen molar-refractivity contribution in [3.63, 3.8) is 0 Å². The molecule has 0 aliphatic carbocycles. The molecule has 1 aromatic carbocycles. The van der Waals surface area contributed by atoms with E-state index in [9.17, 15) is 4.79 Å². The van der Waals surface area contributed by atoms with E-state index in [1.165, 1.54) is 10.9 Å². The van der Waals surface area contributed by atoms with Crippen LogP contribution in [0.4, 0.5) is 4.79 Å². The summed E-state index contributed by atoms with van der Waals surface area (Å²) in [5.74, 6) is 0. The third-order valence-corrected chi connectivity index (χ3v) is 2.64. The number of hydrogen-bond donors (Lipinski definition) is 3. The van der Waals surface area contributed by atoms with Crippen LogP contribution in [0.2, 0.25) is 0 Å². The lowest BCUT2D eigenvalue weighted by Crippen LogP contribution is -2.35. The van der Waals surface area contributed by atoms with Crippen molar-refractivity contribution in [2.75, 3.05) is 13.1 Å². The molecule has 0 fully saturated rings. The highest BCUT2D eigenvalue weighted by Gasteiger charge is 1.96. The van der Waals surface area contributed by atoms with Gasteiger partial charge in [-0.25, -0.2) is 4.79 Å². The lowest BCUT2D eigenvalue weighted by atomic mass is 10.1. The summed E-state index contributed by atoms with van der Waals surface area (Å²) in [5, 5.41) is 8.08. The van der Waals surface area contributed by atoms with Crippen molar-refractivity contribution in [1.82, 2.24) is 15.6 Å². The maximum absolute atomic E-state index is 10.5. The molecule has 0 saturated heterocycles. The van der Waals surface area contributed by atoms with Gasteiger partial charge in [0, 0.05) is 37.4 Å². The summed E-state index contributed by atoms with van der Waals surface area (Å²) in [5.41, 5.74) is 6.17. The zero-order valence-corrected chi connectivity index (χ0v) is 10.0. The maximum Gasteiger partial charge on any atom is 0.312 e. The van der Waals surface area contributed by atoms with Crippen LogP contribution in [0.15, 0.2) is 36.7 Å². The highest BCUT2D eigenvalue weighted by atomic mass is 16.2.